The van der Waals surface area contributed by atoms with Crippen LogP contribution in [0.25, 0.3) is 0 Å². The van der Waals surface area contributed by atoms with Gasteiger partial charge in [-0.3, -0.25) is 14.4 Å². The predicted molar refractivity (Wildman–Crippen MR) is 256 cm³/mol. The number of aryl methyl sites for hydroxylation is 2. The molecule has 67 heavy (non-hydrogen) atoms. The standard InChI is InChI=1S/C24H22Cl3F3O4S.C22H20Cl3F3O3S/c1-12-8-14(6-7-16(12)21(33)34-22(3,4)5)19(32)11-23(24(28,29)30,35-13(2)31)15-9-17(25)20(27)18(26)10-15;1-11-7-12(5-6-14(11)19(30)31-20(2,3)4)17(29)10-21(32,22(26,27)28)13-8-15(23)18(25)16(24)9-13/h6-10H,11H2,1-5H3;5-9,32H,10H2,1-4H3. The van der Waals surface area contributed by atoms with Crippen LogP contribution in [0.3, 0.4) is 0 Å². The van der Waals surface area contributed by atoms with Gasteiger partial charge in [0.15, 0.2) is 21.4 Å². The molecular formula is C46H42Cl6F6O7S2. The van der Waals surface area contributed by atoms with Crippen LogP contribution in [0.2, 0.25) is 30.1 Å². The Bertz CT molecular complexity index is 2550. The van der Waals surface area contributed by atoms with Gasteiger partial charge in [0.25, 0.3) is 0 Å². The molecule has 0 N–H and O–H groups in total. The molecule has 0 radical (unpaired) electrons. The molecule has 7 nitrogen and oxygen atoms in total. The van der Waals surface area contributed by atoms with E-state index in [1.807, 2.05) is 0 Å². The van der Waals surface area contributed by atoms with Crippen LogP contribution < -0.4 is 0 Å². The summed E-state index contributed by atoms with van der Waals surface area (Å²) in [5.74, 6) is -2.97. The number of rotatable bonds is 11. The lowest BCUT2D eigenvalue weighted by Gasteiger charge is -2.34. The average molecular weight is 1100 g/mol. The summed E-state index contributed by atoms with van der Waals surface area (Å²) < 4.78 is 90.5. The third-order valence-corrected chi connectivity index (χ3v) is 13.6. The number of hydrogen-bond donors (Lipinski definition) is 1. The van der Waals surface area contributed by atoms with Crippen LogP contribution in [-0.2, 0) is 23.8 Å². The molecule has 4 aromatic rings. The molecule has 0 fully saturated rings. The fourth-order valence-corrected chi connectivity index (χ4v) is 8.68. The molecule has 4 aromatic carbocycles. The number of benzene rings is 4. The number of alkyl halides is 6. The van der Waals surface area contributed by atoms with Crippen LogP contribution in [-0.4, -0.2) is 52.2 Å². The van der Waals surface area contributed by atoms with E-state index in [4.69, 9.17) is 79.1 Å². The summed E-state index contributed by atoms with van der Waals surface area (Å²) in [4.78, 5) is 62.6. The third-order valence-electron chi connectivity index (χ3n) is 9.32. The summed E-state index contributed by atoms with van der Waals surface area (Å²) in [6.45, 7) is 14.3. The first kappa shape index (κ1) is 58.2. The zero-order chi connectivity index (χ0) is 51.6. The van der Waals surface area contributed by atoms with E-state index in [1.54, 1.807) is 48.5 Å². The number of Topliss-reactive ketones (excluding diaryl/α,β-unsaturated/α-hetero) is 2. The number of ether oxygens (including phenoxy) is 2. The van der Waals surface area contributed by atoms with E-state index in [1.165, 1.54) is 43.3 Å². The van der Waals surface area contributed by atoms with Gasteiger partial charge in [-0.2, -0.15) is 39.0 Å². The topological polar surface area (TPSA) is 104 Å². The monoisotopic (exact) mass is 1090 g/mol. The molecule has 0 spiro atoms. The van der Waals surface area contributed by atoms with Crippen molar-refractivity contribution in [2.24, 2.45) is 0 Å². The van der Waals surface area contributed by atoms with Crippen molar-refractivity contribution in [2.45, 2.75) is 108 Å². The van der Waals surface area contributed by atoms with Gasteiger partial charge in [-0.25, -0.2) is 9.59 Å². The lowest BCUT2D eigenvalue weighted by molar-refractivity contribution is -0.162. The first-order chi connectivity index (χ1) is 30.3. The Morgan fingerprint density at radius 3 is 1.19 bits per heavy atom. The van der Waals surface area contributed by atoms with Gasteiger partial charge in [0.1, 0.15) is 15.9 Å². The molecule has 4 rings (SSSR count). The van der Waals surface area contributed by atoms with Crippen molar-refractivity contribution in [1.29, 1.82) is 0 Å². The van der Waals surface area contributed by atoms with Crippen molar-refractivity contribution in [3.63, 3.8) is 0 Å². The Kier molecular flexibility index (Phi) is 19.0. The molecule has 0 aliphatic carbocycles. The second kappa shape index (κ2) is 21.9. The van der Waals surface area contributed by atoms with E-state index in [0.29, 0.717) is 11.1 Å². The minimum Gasteiger partial charge on any atom is -0.456 e. The number of carbonyl (C=O) groups is 5. The van der Waals surface area contributed by atoms with E-state index >= 15 is 0 Å². The Balaban J connectivity index is 0.000000357. The van der Waals surface area contributed by atoms with Crippen LogP contribution in [0.1, 0.15) is 125 Å². The van der Waals surface area contributed by atoms with Crippen LogP contribution in [0, 0.1) is 13.8 Å². The van der Waals surface area contributed by atoms with Crippen molar-refractivity contribution >= 4 is 123 Å². The zero-order valence-corrected chi connectivity index (χ0v) is 43.2. The molecule has 0 aliphatic heterocycles. The maximum Gasteiger partial charge on any atom is 0.408 e. The van der Waals surface area contributed by atoms with Gasteiger partial charge in [0, 0.05) is 30.9 Å². The summed E-state index contributed by atoms with van der Waals surface area (Å²) >= 11 is 39.3. The number of thioether (sulfide) groups is 1. The van der Waals surface area contributed by atoms with Crippen molar-refractivity contribution in [3.8, 4) is 0 Å². The first-order valence-corrected chi connectivity index (χ1v) is 23.0. The van der Waals surface area contributed by atoms with Crippen molar-refractivity contribution in [1.82, 2.24) is 0 Å². The van der Waals surface area contributed by atoms with Gasteiger partial charge in [-0.15, -0.1) is 0 Å². The van der Waals surface area contributed by atoms with Gasteiger partial charge >= 0.3 is 24.3 Å². The maximum absolute atomic E-state index is 14.6. The number of carbonyl (C=O) groups excluding carboxylic acids is 5. The first-order valence-electron chi connectivity index (χ1n) is 19.4. The van der Waals surface area contributed by atoms with Crippen LogP contribution >= 0.6 is 94.0 Å². The average Bonchev–Trinajstić information content (AvgIpc) is 3.15. The molecule has 364 valence electrons. The summed E-state index contributed by atoms with van der Waals surface area (Å²) in [6.07, 6.45) is -12.1. The number of halogens is 12. The highest BCUT2D eigenvalue weighted by Crippen LogP contribution is 2.55. The quantitative estimate of drug-likeness (QED) is 0.0521. The maximum atomic E-state index is 14.6. The molecule has 0 aromatic heterocycles. The Morgan fingerprint density at radius 1 is 0.552 bits per heavy atom. The zero-order valence-electron chi connectivity index (χ0n) is 36.9. The minimum atomic E-state index is -5.05. The smallest absolute Gasteiger partial charge is 0.408 e. The van der Waals surface area contributed by atoms with Crippen molar-refractivity contribution in [3.05, 3.63) is 135 Å². The molecule has 0 bridgehead atoms. The van der Waals surface area contributed by atoms with E-state index in [2.05, 4.69) is 12.6 Å². The highest BCUT2D eigenvalue weighted by molar-refractivity contribution is 8.14. The second-order valence-corrected chi connectivity index (χ2v) is 21.7. The van der Waals surface area contributed by atoms with Crippen LogP contribution in [0.4, 0.5) is 26.3 Å². The lowest BCUT2D eigenvalue weighted by atomic mass is 9.89. The molecule has 2 unspecified atom stereocenters. The minimum absolute atomic E-state index is 0.0105. The number of thiol groups is 1. The van der Waals surface area contributed by atoms with Crippen molar-refractivity contribution in [2.75, 3.05) is 0 Å². The molecular weight excluding hydrogens is 1060 g/mol. The molecule has 21 heteroatoms. The Labute approximate surface area is 423 Å². The predicted octanol–water partition coefficient (Wildman–Crippen LogP) is 16.1. The van der Waals surface area contributed by atoms with E-state index in [0.717, 1.165) is 31.2 Å². The molecule has 0 heterocycles. The fourth-order valence-electron chi connectivity index (χ4n) is 6.17. The van der Waals surface area contributed by atoms with Gasteiger partial charge in [0.2, 0.25) is 0 Å². The second-order valence-electron chi connectivity index (χ2n) is 17.0. The van der Waals surface area contributed by atoms with E-state index in [-0.39, 0.29) is 64.2 Å². The molecule has 0 aliphatic rings. The van der Waals surface area contributed by atoms with Gasteiger partial charge in [-0.1, -0.05) is 93.5 Å². The van der Waals surface area contributed by atoms with E-state index in [9.17, 15) is 50.3 Å². The number of hydrogen-bond acceptors (Lipinski definition) is 9. The largest absolute Gasteiger partial charge is 0.456 e. The summed E-state index contributed by atoms with van der Waals surface area (Å²) in [7, 11) is 0. The SMILES string of the molecule is CC(=O)SC(CC(=O)c1ccc(C(=O)OC(C)(C)C)c(C)c1)(c1cc(Cl)c(Cl)c(Cl)c1)C(F)(F)F.Cc1cc(C(=O)CC(S)(c2cc(Cl)c(Cl)c(Cl)c2)C(F)(F)F)ccc1C(=O)OC(C)(C)C. The highest BCUT2D eigenvalue weighted by atomic mass is 35.5. The van der Waals surface area contributed by atoms with Crippen LogP contribution in [0.15, 0.2) is 60.7 Å². The van der Waals surface area contributed by atoms with Crippen LogP contribution in [0.5, 0.6) is 0 Å². The highest BCUT2D eigenvalue weighted by Gasteiger charge is 2.59. The Morgan fingerprint density at radius 2 is 0.896 bits per heavy atom. The lowest BCUT2D eigenvalue weighted by Crippen LogP contribution is -2.42. The molecule has 2 atom stereocenters. The normalized spacial score (nSPS) is 13.9. The number of ketones is 2. The summed E-state index contributed by atoms with van der Waals surface area (Å²) in [5, 5.41) is -2.01. The third kappa shape index (κ3) is 14.7. The fraction of sp³-hybridized carbons (Fsp3) is 0.370. The number of esters is 2. The summed E-state index contributed by atoms with van der Waals surface area (Å²) in [6, 6.07) is 11.7. The van der Waals surface area contributed by atoms with Gasteiger partial charge < -0.3 is 9.47 Å². The summed E-state index contributed by atoms with van der Waals surface area (Å²) in [5.41, 5.74) is -1.34. The van der Waals surface area contributed by atoms with E-state index < -0.39 is 85.6 Å². The molecule has 0 saturated heterocycles. The van der Waals surface area contributed by atoms with Gasteiger partial charge in [0.05, 0.1) is 41.3 Å². The Hall–Kier alpha value is -3.15. The molecule has 0 amide bonds. The molecule has 0 saturated carbocycles. The van der Waals surface area contributed by atoms with Gasteiger partial charge in [-0.05, 0) is 126 Å². The van der Waals surface area contributed by atoms with Crippen molar-refractivity contribution < 1.29 is 59.8 Å².